The molecule has 0 radical (unpaired) electrons. The molecule has 248 valence electrons. The zero-order chi connectivity index (χ0) is 33.3. The number of aryl methyl sites for hydroxylation is 1. The third-order valence-corrected chi connectivity index (χ3v) is 7.93. The summed E-state index contributed by atoms with van der Waals surface area (Å²) in [6.07, 6.45) is 20.2. The third kappa shape index (κ3) is 12.8. The van der Waals surface area contributed by atoms with Crippen molar-refractivity contribution in [1.29, 1.82) is 0 Å². The lowest BCUT2D eigenvalue weighted by atomic mass is 10.0. The van der Waals surface area contributed by atoms with E-state index in [-0.39, 0.29) is 11.8 Å². The molecule has 2 aliphatic rings. The number of aromatic nitrogens is 2. The minimum atomic E-state index is 0.0447. The first-order chi connectivity index (χ1) is 22.2. The van der Waals surface area contributed by atoms with Crippen LogP contribution in [0.2, 0.25) is 0 Å². The molecule has 1 saturated heterocycles. The molecule has 1 aromatic carbocycles. The van der Waals surface area contributed by atoms with Gasteiger partial charge in [-0.15, -0.1) is 0 Å². The number of nitrogens with one attached hydrogen (secondary N) is 1. The van der Waals surface area contributed by atoms with E-state index in [1.807, 2.05) is 24.3 Å². The van der Waals surface area contributed by atoms with Crippen LogP contribution in [0.25, 0.3) is 17.2 Å². The Kier molecular flexibility index (Phi) is 16.1. The van der Waals surface area contributed by atoms with Crippen molar-refractivity contribution in [1.82, 2.24) is 19.8 Å². The second kappa shape index (κ2) is 20.0. The molecule has 2 aromatic rings. The molecule has 7 nitrogen and oxygen atoms in total. The van der Waals surface area contributed by atoms with Crippen LogP contribution in [0.15, 0.2) is 83.1 Å². The van der Waals surface area contributed by atoms with Gasteiger partial charge in [0.25, 0.3) is 0 Å². The van der Waals surface area contributed by atoms with Gasteiger partial charge in [-0.3, -0.25) is 9.69 Å². The molecule has 2 heterocycles. The molecule has 1 aromatic heterocycles. The fourth-order valence-electron chi connectivity index (χ4n) is 4.87. The van der Waals surface area contributed by atoms with Gasteiger partial charge in [-0.2, -0.15) is 0 Å². The van der Waals surface area contributed by atoms with Gasteiger partial charge < -0.3 is 19.4 Å². The smallest absolute Gasteiger partial charge is 0.216 e. The van der Waals surface area contributed by atoms with E-state index >= 15 is 0 Å². The van der Waals surface area contributed by atoms with Gasteiger partial charge in [0, 0.05) is 62.3 Å². The summed E-state index contributed by atoms with van der Waals surface area (Å²) in [5.41, 5.74) is 4.37. The van der Waals surface area contributed by atoms with E-state index in [0.29, 0.717) is 16.5 Å². The molecule has 1 fully saturated rings. The lowest BCUT2D eigenvalue weighted by Crippen LogP contribution is -2.40. The van der Waals surface area contributed by atoms with Crippen molar-refractivity contribution in [3.63, 3.8) is 0 Å². The predicted molar refractivity (Wildman–Crippen MR) is 193 cm³/mol. The Labute approximate surface area is 285 Å². The highest BCUT2D eigenvalue weighted by atomic mass is 35.5. The van der Waals surface area contributed by atoms with Crippen molar-refractivity contribution < 1.29 is 14.3 Å². The van der Waals surface area contributed by atoms with E-state index in [1.165, 1.54) is 11.1 Å². The van der Waals surface area contributed by atoms with Crippen LogP contribution >= 0.6 is 23.2 Å². The maximum Gasteiger partial charge on any atom is 0.216 e. The molecule has 9 heteroatoms. The number of carbonyl (C=O) groups is 1. The number of methoxy groups -OCH3 is 1. The largest absolute Gasteiger partial charge is 0.497 e. The minimum Gasteiger partial charge on any atom is -0.497 e. The van der Waals surface area contributed by atoms with Crippen molar-refractivity contribution in [2.24, 2.45) is 5.92 Å². The van der Waals surface area contributed by atoms with E-state index in [9.17, 15) is 4.79 Å². The maximum atomic E-state index is 10.5. The van der Waals surface area contributed by atoms with Gasteiger partial charge in [-0.1, -0.05) is 79.6 Å². The monoisotopic (exact) mass is 666 g/mol. The molecule has 1 unspecified atom stereocenters. The summed E-state index contributed by atoms with van der Waals surface area (Å²) in [4.78, 5) is 17.7. The van der Waals surface area contributed by atoms with E-state index in [1.54, 1.807) is 20.1 Å². The normalized spacial score (nSPS) is 16.7. The molecule has 0 spiro atoms. The summed E-state index contributed by atoms with van der Waals surface area (Å²) in [5.74, 6) is 2.09. The fraction of sp³-hybridized carbons (Fsp3) is 0.405. The number of halogens is 2. The van der Waals surface area contributed by atoms with Gasteiger partial charge in [0.15, 0.2) is 0 Å². The lowest BCUT2D eigenvalue weighted by Gasteiger charge is -2.26. The maximum absolute atomic E-state index is 10.5. The first-order valence-electron chi connectivity index (χ1n) is 16.0. The zero-order valence-corrected chi connectivity index (χ0v) is 29.3. The lowest BCUT2D eigenvalue weighted by molar-refractivity contribution is -0.119. The minimum absolute atomic E-state index is 0.0447. The van der Waals surface area contributed by atoms with Gasteiger partial charge in [0.2, 0.25) is 5.91 Å². The first kappa shape index (κ1) is 37.1. The van der Waals surface area contributed by atoms with Gasteiger partial charge >= 0.3 is 0 Å². The highest BCUT2D eigenvalue weighted by Gasteiger charge is 2.13. The number of carbonyl (C=O) groups excluding carboxylic acids is 1. The summed E-state index contributed by atoms with van der Waals surface area (Å²) in [7, 11) is 1.69. The van der Waals surface area contributed by atoms with Gasteiger partial charge in [-0.25, -0.2) is 4.98 Å². The Bertz CT molecular complexity index is 1450. The number of nitrogens with zero attached hydrogens (tertiary/aromatic N) is 3. The number of ether oxygens (including phenoxy) is 2. The van der Waals surface area contributed by atoms with E-state index < -0.39 is 0 Å². The van der Waals surface area contributed by atoms with Crippen LogP contribution in [0, 0.1) is 5.92 Å². The summed E-state index contributed by atoms with van der Waals surface area (Å²) in [5, 5.41) is 4.11. The Morgan fingerprint density at radius 2 is 1.87 bits per heavy atom. The summed E-state index contributed by atoms with van der Waals surface area (Å²) in [6.45, 7) is 14.1. The molecule has 4 rings (SSSR count). The standard InChI is InChI=1S/C29H32Cl2N2O.C8H16N2O2/c1-5-7-22(23-12-15-27(34-4)16-13-23)10-8-21(3)9-17-29-32-28(20-33(29)6-2)24-11-14-25(30)19-26(31)18-24;1-8(11)9-2-3-10-4-6-12-7-5-10/h7-17,19-21H,5-6,18H2,1-4H3;2-7H2,1H3,(H,9,11)/b10-8-,17-9+,22-7+;. The number of rotatable bonds is 12. The Balaban J connectivity index is 0.000000402. The molecule has 1 aliphatic heterocycles. The van der Waals surface area contributed by atoms with Crippen molar-refractivity contribution in [3.05, 3.63) is 100 Å². The van der Waals surface area contributed by atoms with Crippen molar-refractivity contribution in [3.8, 4) is 5.75 Å². The fourth-order valence-corrected chi connectivity index (χ4v) is 5.39. The molecule has 1 N–H and O–H groups in total. The van der Waals surface area contributed by atoms with Crippen LogP contribution in [0.1, 0.15) is 57.6 Å². The van der Waals surface area contributed by atoms with Crippen LogP contribution in [0.5, 0.6) is 5.75 Å². The van der Waals surface area contributed by atoms with Crippen LogP contribution in [0.4, 0.5) is 0 Å². The summed E-state index contributed by atoms with van der Waals surface area (Å²) >= 11 is 12.5. The van der Waals surface area contributed by atoms with Crippen molar-refractivity contribution in [2.45, 2.75) is 47.1 Å². The summed E-state index contributed by atoms with van der Waals surface area (Å²) < 4.78 is 12.6. The Hall–Kier alpha value is -3.36. The topological polar surface area (TPSA) is 68.6 Å². The van der Waals surface area contributed by atoms with E-state index in [4.69, 9.17) is 37.7 Å². The summed E-state index contributed by atoms with van der Waals surface area (Å²) in [6, 6.07) is 8.18. The first-order valence-corrected chi connectivity index (χ1v) is 16.7. The SMILES string of the molecule is CC(=O)NCCN1CCOCC1.CC/C=C(\C=C/C(C)/C=C/c1nc(C2=CC=C(Cl)C=C(Cl)C2)cn1CC)c1ccc(OC)cc1. The van der Waals surface area contributed by atoms with Crippen LogP contribution in [-0.4, -0.2) is 66.9 Å². The molecule has 1 amide bonds. The predicted octanol–water partition coefficient (Wildman–Crippen LogP) is 8.10. The molecule has 46 heavy (non-hydrogen) atoms. The van der Waals surface area contributed by atoms with Crippen LogP contribution in [-0.2, 0) is 16.1 Å². The van der Waals surface area contributed by atoms with Gasteiger partial charge in [0.1, 0.15) is 11.6 Å². The number of benzene rings is 1. The van der Waals surface area contributed by atoms with Gasteiger partial charge in [0.05, 0.1) is 26.0 Å². The average Bonchev–Trinajstić information content (AvgIpc) is 3.39. The number of imidazole rings is 1. The number of hydrogen-bond donors (Lipinski definition) is 1. The van der Waals surface area contributed by atoms with Crippen molar-refractivity contribution in [2.75, 3.05) is 46.5 Å². The molecule has 0 saturated carbocycles. The molecule has 0 bridgehead atoms. The second-order valence-corrected chi connectivity index (χ2v) is 12.0. The zero-order valence-electron chi connectivity index (χ0n) is 27.8. The highest BCUT2D eigenvalue weighted by Crippen LogP contribution is 2.29. The molecular weight excluding hydrogens is 619 g/mol. The average molecular weight is 668 g/mol. The number of morpholine rings is 1. The van der Waals surface area contributed by atoms with E-state index in [0.717, 1.165) is 75.2 Å². The third-order valence-electron chi connectivity index (χ3n) is 7.46. The van der Waals surface area contributed by atoms with Crippen LogP contribution in [0.3, 0.4) is 0 Å². The Morgan fingerprint density at radius 1 is 1.13 bits per heavy atom. The van der Waals surface area contributed by atoms with Gasteiger partial charge in [-0.05, 0) is 66.3 Å². The number of amides is 1. The molecule has 1 atom stereocenters. The Morgan fingerprint density at radius 3 is 2.52 bits per heavy atom. The van der Waals surface area contributed by atoms with Crippen LogP contribution < -0.4 is 10.1 Å². The number of allylic oxidation sites excluding steroid dienone is 11. The van der Waals surface area contributed by atoms with Crippen molar-refractivity contribution >= 4 is 46.3 Å². The molecular formula is C37H48Cl2N4O3. The molecule has 1 aliphatic carbocycles. The quantitative estimate of drug-likeness (QED) is 0.232. The van der Waals surface area contributed by atoms with E-state index in [2.05, 4.69) is 84.3 Å². The second-order valence-electron chi connectivity index (χ2n) is 11.1. The highest BCUT2D eigenvalue weighted by molar-refractivity contribution is 6.35. The number of hydrogen-bond acceptors (Lipinski definition) is 5.